The number of nitrogens with zero attached hydrogens (tertiary/aromatic N) is 3. The van der Waals surface area contributed by atoms with Gasteiger partial charge in [0.2, 0.25) is 0 Å². The Kier molecular flexibility index (Phi) is 4.91. The Morgan fingerprint density at radius 2 is 1.85 bits per heavy atom. The largest absolute Gasteiger partial charge is 0.417 e. The number of aromatic nitrogens is 3. The van der Waals surface area contributed by atoms with Crippen LogP contribution in [0.1, 0.15) is 22.5 Å². The molecule has 1 aromatic carbocycles. The van der Waals surface area contributed by atoms with Crippen molar-refractivity contribution in [1.29, 1.82) is 0 Å². The highest BCUT2D eigenvalue weighted by Gasteiger charge is 2.31. The van der Waals surface area contributed by atoms with Crippen LogP contribution in [0.3, 0.4) is 0 Å². The molecule has 3 rings (SSSR count). The van der Waals surface area contributed by atoms with Gasteiger partial charge in [0.15, 0.2) is 0 Å². The normalized spacial score (nSPS) is 11.6. The van der Waals surface area contributed by atoms with Crippen molar-refractivity contribution in [3.63, 3.8) is 0 Å². The third kappa shape index (κ3) is 3.67. The van der Waals surface area contributed by atoms with E-state index in [0.717, 1.165) is 34.9 Å². The van der Waals surface area contributed by atoms with Crippen LogP contribution in [-0.2, 0) is 12.7 Å². The van der Waals surface area contributed by atoms with Crippen molar-refractivity contribution in [2.45, 2.75) is 26.6 Å². The number of pyridine rings is 1. The first-order valence-corrected chi connectivity index (χ1v) is 8.22. The molecule has 3 aromatic rings. The van der Waals surface area contributed by atoms with E-state index in [2.05, 4.69) is 15.4 Å². The maximum absolute atomic E-state index is 12.7. The van der Waals surface area contributed by atoms with Crippen molar-refractivity contribution >= 4 is 17.4 Å². The van der Waals surface area contributed by atoms with Gasteiger partial charge in [0, 0.05) is 24.0 Å². The zero-order chi connectivity index (χ0) is 18.9. The molecule has 0 aliphatic heterocycles. The highest BCUT2D eigenvalue weighted by molar-refractivity contribution is 6.32. The molecule has 136 valence electrons. The topological polar surface area (TPSA) is 42.7 Å². The predicted octanol–water partition coefficient (Wildman–Crippen LogP) is 5.17. The van der Waals surface area contributed by atoms with Crippen LogP contribution in [0.5, 0.6) is 0 Å². The standard InChI is InChI=1S/C18H16ClF3N4/c1-11-15(12(2)26(25-11)14-6-4-3-5-7-14)10-24-17-16(19)8-13(9-23-17)18(20,21)22/h3-9H,10H2,1-2H3,(H,23,24). The number of nitrogens with one attached hydrogen (secondary N) is 1. The van der Waals surface area contributed by atoms with Gasteiger partial charge in [-0.1, -0.05) is 29.8 Å². The summed E-state index contributed by atoms with van der Waals surface area (Å²) < 4.78 is 39.9. The van der Waals surface area contributed by atoms with Crippen LogP contribution in [-0.4, -0.2) is 14.8 Å². The van der Waals surface area contributed by atoms with E-state index >= 15 is 0 Å². The highest BCUT2D eigenvalue weighted by Crippen LogP contribution is 2.32. The second-order valence-electron chi connectivity index (χ2n) is 5.80. The van der Waals surface area contributed by atoms with Crippen LogP contribution < -0.4 is 5.32 Å². The molecule has 0 bridgehead atoms. The lowest BCUT2D eigenvalue weighted by Gasteiger charge is -2.11. The molecule has 0 aliphatic carbocycles. The molecule has 0 radical (unpaired) electrons. The van der Waals surface area contributed by atoms with Gasteiger partial charge in [-0.3, -0.25) is 0 Å². The molecular weight excluding hydrogens is 365 g/mol. The smallest absolute Gasteiger partial charge is 0.365 e. The summed E-state index contributed by atoms with van der Waals surface area (Å²) in [6.07, 6.45) is -3.71. The summed E-state index contributed by atoms with van der Waals surface area (Å²) in [4.78, 5) is 3.79. The van der Waals surface area contributed by atoms with E-state index in [-0.39, 0.29) is 10.8 Å². The van der Waals surface area contributed by atoms with Crippen LogP contribution >= 0.6 is 11.6 Å². The molecule has 0 aliphatic rings. The van der Waals surface area contributed by atoms with E-state index in [1.54, 1.807) is 0 Å². The van der Waals surface area contributed by atoms with Gasteiger partial charge in [0.1, 0.15) is 5.82 Å². The van der Waals surface area contributed by atoms with Gasteiger partial charge < -0.3 is 5.32 Å². The van der Waals surface area contributed by atoms with E-state index in [9.17, 15) is 13.2 Å². The lowest BCUT2D eigenvalue weighted by atomic mass is 10.2. The minimum Gasteiger partial charge on any atom is -0.365 e. The molecule has 26 heavy (non-hydrogen) atoms. The summed E-state index contributed by atoms with van der Waals surface area (Å²) in [6.45, 7) is 4.17. The number of alkyl halides is 3. The SMILES string of the molecule is Cc1nn(-c2ccccc2)c(C)c1CNc1ncc(C(F)(F)F)cc1Cl. The number of hydrogen-bond donors (Lipinski definition) is 1. The maximum atomic E-state index is 12.7. The van der Waals surface area contributed by atoms with Crippen LogP contribution in [0.4, 0.5) is 19.0 Å². The summed E-state index contributed by atoms with van der Waals surface area (Å²) >= 11 is 5.94. The van der Waals surface area contributed by atoms with Gasteiger partial charge >= 0.3 is 6.18 Å². The molecule has 0 amide bonds. The van der Waals surface area contributed by atoms with E-state index in [4.69, 9.17) is 11.6 Å². The van der Waals surface area contributed by atoms with Crippen LogP contribution in [0.15, 0.2) is 42.6 Å². The zero-order valence-corrected chi connectivity index (χ0v) is 14.9. The van der Waals surface area contributed by atoms with Crippen LogP contribution in [0, 0.1) is 13.8 Å². The molecule has 0 unspecified atom stereocenters. The summed E-state index contributed by atoms with van der Waals surface area (Å²) in [5, 5.41) is 7.45. The Bertz CT molecular complexity index is 920. The number of benzene rings is 1. The van der Waals surface area contributed by atoms with Gasteiger partial charge in [0.05, 0.1) is 22.0 Å². The first-order valence-electron chi connectivity index (χ1n) is 7.84. The fraction of sp³-hybridized carbons (Fsp3) is 0.222. The monoisotopic (exact) mass is 380 g/mol. The Morgan fingerprint density at radius 1 is 1.15 bits per heavy atom. The van der Waals surface area contributed by atoms with Crippen molar-refractivity contribution in [3.8, 4) is 5.69 Å². The van der Waals surface area contributed by atoms with Crippen molar-refractivity contribution in [1.82, 2.24) is 14.8 Å². The average molecular weight is 381 g/mol. The summed E-state index contributed by atoms with van der Waals surface area (Å²) in [6, 6.07) is 10.5. The molecular formula is C18H16ClF3N4. The lowest BCUT2D eigenvalue weighted by Crippen LogP contribution is -2.08. The minimum absolute atomic E-state index is 0.0782. The zero-order valence-electron chi connectivity index (χ0n) is 14.1. The molecule has 0 saturated heterocycles. The van der Waals surface area contributed by atoms with Crippen LogP contribution in [0.2, 0.25) is 5.02 Å². The van der Waals surface area contributed by atoms with E-state index in [0.29, 0.717) is 6.54 Å². The number of rotatable bonds is 4. The first-order chi connectivity index (χ1) is 12.3. The maximum Gasteiger partial charge on any atom is 0.417 e. The molecule has 8 heteroatoms. The van der Waals surface area contributed by atoms with E-state index in [1.807, 2.05) is 48.9 Å². The number of hydrogen-bond acceptors (Lipinski definition) is 3. The second-order valence-corrected chi connectivity index (χ2v) is 6.21. The van der Waals surface area contributed by atoms with Gasteiger partial charge in [-0.2, -0.15) is 18.3 Å². The number of para-hydroxylation sites is 1. The van der Waals surface area contributed by atoms with Crippen molar-refractivity contribution < 1.29 is 13.2 Å². The quantitative estimate of drug-likeness (QED) is 0.679. The fourth-order valence-electron chi connectivity index (χ4n) is 2.65. The van der Waals surface area contributed by atoms with Gasteiger partial charge in [0.25, 0.3) is 0 Å². The minimum atomic E-state index is -4.47. The predicted molar refractivity (Wildman–Crippen MR) is 94.6 cm³/mol. The molecule has 0 saturated carbocycles. The lowest BCUT2D eigenvalue weighted by molar-refractivity contribution is -0.137. The van der Waals surface area contributed by atoms with Crippen molar-refractivity contribution in [2.24, 2.45) is 0 Å². The Labute approximate surface area is 153 Å². The first kappa shape index (κ1) is 18.3. The van der Waals surface area contributed by atoms with Crippen LogP contribution in [0.25, 0.3) is 5.69 Å². The summed E-state index contributed by atoms with van der Waals surface area (Å²) in [5.74, 6) is 0.200. The fourth-order valence-corrected chi connectivity index (χ4v) is 2.88. The molecule has 2 aromatic heterocycles. The van der Waals surface area contributed by atoms with E-state index in [1.165, 1.54) is 0 Å². The Balaban J connectivity index is 1.82. The number of aryl methyl sites for hydroxylation is 1. The molecule has 0 spiro atoms. The molecule has 2 heterocycles. The van der Waals surface area contributed by atoms with E-state index < -0.39 is 11.7 Å². The second kappa shape index (κ2) is 6.99. The summed E-state index contributed by atoms with van der Waals surface area (Å²) in [7, 11) is 0. The van der Waals surface area contributed by atoms with Crippen molar-refractivity contribution in [2.75, 3.05) is 5.32 Å². The van der Waals surface area contributed by atoms with Gasteiger partial charge in [-0.25, -0.2) is 9.67 Å². The van der Waals surface area contributed by atoms with Crippen molar-refractivity contribution in [3.05, 3.63) is 70.1 Å². The molecule has 4 nitrogen and oxygen atoms in total. The average Bonchev–Trinajstić information content (AvgIpc) is 2.88. The summed E-state index contributed by atoms with van der Waals surface area (Å²) in [5.41, 5.74) is 2.75. The van der Waals surface area contributed by atoms with Gasteiger partial charge in [-0.05, 0) is 32.0 Å². The number of anilines is 1. The molecule has 0 fully saturated rings. The molecule has 1 N–H and O–H groups in total. The highest BCUT2D eigenvalue weighted by atomic mass is 35.5. The third-order valence-electron chi connectivity index (χ3n) is 4.04. The number of halogens is 4. The molecule has 0 atom stereocenters. The Morgan fingerprint density at radius 3 is 2.46 bits per heavy atom. The van der Waals surface area contributed by atoms with Gasteiger partial charge in [-0.15, -0.1) is 0 Å². The third-order valence-corrected chi connectivity index (χ3v) is 4.33. The Hall–Kier alpha value is -2.54.